The number of hydrogen-bond donors (Lipinski definition) is 2. The Morgan fingerprint density at radius 3 is 2.71 bits per heavy atom. The monoisotopic (exact) mass is 498 g/mol. The summed E-state index contributed by atoms with van der Waals surface area (Å²) in [6, 6.07) is 13.6. The SMILES string of the molecule is CC1(C)Oc2ccc(C#N)cc2C(N(Cc2nc(COCC(=O)O)no2)c2ccc(Cl)cc2)C1O. The lowest BCUT2D eigenvalue weighted by atomic mass is 9.84. The first-order valence-electron chi connectivity index (χ1n) is 10.7. The van der Waals surface area contributed by atoms with Gasteiger partial charge in [-0.15, -0.1) is 0 Å². The summed E-state index contributed by atoms with van der Waals surface area (Å²) in [5, 5.41) is 34.0. The standard InChI is InChI=1S/C24H23ClN4O6/c1-24(2)23(32)22(17-9-14(10-26)3-8-18(17)34-24)29(16-6-4-15(25)5-7-16)11-20-27-19(28-35-20)12-33-13-21(30)31/h3-9,22-23,32H,11-13H2,1-2H3,(H,30,31). The van der Waals surface area contributed by atoms with E-state index in [1.165, 1.54) is 0 Å². The van der Waals surface area contributed by atoms with Gasteiger partial charge in [-0.25, -0.2) is 4.79 Å². The van der Waals surface area contributed by atoms with Crippen molar-refractivity contribution in [2.45, 2.75) is 44.7 Å². The van der Waals surface area contributed by atoms with Gasteiger partial charge in [0.1, 0.15) is 30.7 Å². The van der Waals surface area contributed by atoms with E-state index in [1.54, 1.807) is 56.3 Å². The van der Waals surface area contributed by atoms with E-state index >= 15 is 0 Å². The predicted octanol–water partition coefficient (Wildman–Crippen LogP) is 3.48. The third-order valence-electron chi connectivity index (χ3n) is 5.61. The summed E-state index contributed by atoms with van der Waals surface area (Å²) in [6.45, 7) is 3.06. The highest BCUT2D eigenvalue weighted by atomic mass is 35.5. The van der Waals surface area contributed by atoms with E-state index in [0.29, 0.717) is 27.6 Å². The largest absolute Gasteiger partial charge is 0.485 e. The Balaban J connectivity index is 1.73. The molecule has 2 heterocycles. The van der Waals surface area contributed by atoms with Gasteiger partial charge < -0.3 is 29.1 Å². The number of carboxylic acids is 1. The van der Waals surface area contributed by atoms with Crippen LogP contribution in [-0.4, -0.2) is 44.6 Å². The van der Waals surface area contributed by atoms with Crippen molar-refractivity contribution in [2.24, 2.45) is 0 Å². The minimum absolute atomic E-state index is 0.0988. The second kappa shape index (κ2) is 9.92. The van der Waals surface area contributed by atoms with Gasteiger partial charge in [-0.3, -0.25) is 0 Å². The molecule has 1 aliphatic rings. The van der Waals surface area contributed by atoms with E-state index in [9.17, 15) is 15.2 Å². The van der Waals surface area contributed by atoms with Gasteiger partial charge >= 0.3 is 5.97 Å². The van der Waals surface area contributed by atoms with Crippen LogP contribution in [0.15, 0.2) is 47.0 Å². The van der Waals surface area contributed by atoms with Crippen molar-refractivity contribution < 1.29 is 29.0 Å². The van der Waals surface area contributed by atoms with Crippen molar-refractivity contribution in [1.29, 1.82) is 5.26 Å². The second-order valence-corrected chi connectivity index (χ2v) is 8.99. The normalized spacial score (nSPS) is 18.3. The summed E-state index contributed by atoms with van der Waals surface area (Å²) in [7, 11) is 0. The van der Waals surface area contributed by atoms with E-state index < -0.39 is 30.3 Å². The number of anilines is 1. The Kier molecular flexibility index (Phi) is 6.93. The molecule has 2 atom stereocenters. The number of ether oxygens (including phenoxy) is 2. The predicted molar refractivity (Wildman–Crippen MR) is 124 cm³/mol. The molecule has 0 amide bonds. The molecule has 2 N–H and O–H groups in total. The summed E-state index contributed by atoms with van der Waals surface area (Å²) < 4.78 is 16.5. The van der Waals surface area contributed by atoms with Crippen LogP contribution in [0.2, 0.25) is 5.02 Å². The average molecular weight is 499 g/mol. The lowest BCUT2D eigenvalue weighted by molar-refractivity contribution is -0.142. The molecule has 0 spiro atoms. The number of aliphatic carboxylic acids is 1. The molecule has 35 heavy (non-hydrogen) atoms. The fraction of sp³-hybridized carbons (Fsp3) is 0.333. The smallest absolute Gasteiger partial charge is 0.329 e. The van der Waals surface area contributed by atoms with Crippen LogP contribution < -0.4 is 9.64 Å². The zero-order valence-electron chi connectivity index (χ0n) is 19.0. The zero-order chi connectivity index (χ0) is 25.2. The molecule has 1 aliphatic heterocycles. The van der Waals surface area contributed by atoms with Crippen molar-refractivity contribution in [3.05, 3.63) is 70.3 Å². The van der Waals surface area contributed by atoms with Crippen molar-refractivity contribution in [3.63, 3.8) is 0 Å². The number of halogens is 1. The molecule has 2 aromatic carbocycles. The first kappa shape index (κ1) is 24.5. The molecule has 0 saturated heterocycles. The highest BCUT2D eigenvalue weighted by Gasteiger charge is 2.46. The number of carboxylic acid groups (broad SMARTS) is 1. The molecule has 0 fully saturated rings. The van der Waals surface area contributed by atoms with Crippen LogP contribution in [0.25, 0.3) is 0 Å². The van der Waals surface area contributed by atoms with Crippen molar-refractivity contribution >= 4 is 23.3 Å². The van der Waals surface area contributed by atoms with Gasteiger partial charge in [0.2, 0.25) is 5.89 Å². The number of aromatic nitrogens is 2. The number of hydrogen-bond acceptors (Lipinski definition) is 9. The maximum Gasteiger partial charge on any atom is 0.329 e. The van der Waals surface area contributed by atoms with Gasteiger partial charge in [0.25, 0.3) is 0 Å². The van der Waals surface area contributed by atoms with Crippen molar-refractivity contribution in [2.75, 3.05) is 11.5 Å². The lowest BCUT2D eigenvalue weighted by Crippen LogP contribution is -2.53. The molecular weight excluding hydrogens is 476 g/mol. The van der Waals surface area contributed by atoms with Crippen LogP contribution in [-0.2, 0) is 22.7 Å². The molecule has 182 valence electrons. The number of rotatable bonds is 8. The highest BCUT2D eigenvalue weighted by Crippen LogP contribution is 2.45. The molecule has 2 unspecified atom stereocenters. The maximum atomic E-state index is 11.4. The molecule has 3 aromatic rings. The number of nitrogens with zero attached hydrogens (tertiary/aromatic N) is 4. The minimum atomic E-state index is -1.10. The molecule has 0 saturated carbocycles. The van der Waals surface area contributed by atoms with Crippen LogP contribution in [0.1, 0.15) is 42.7 Å². The molecule has 0 radical (unpaired) electrons. The Morgan fingerprint density at radius 2 is 2.03 bits per heavy atom. The van der Waals surface area contributed by atoms with Gasteiger partial charge in [0.05, 0.1) is 24.2 Å². The van der Waals surface area contributed by atoms with E-state index in [2.05, 4.69) is 16.2 Å². The Hall–Kier alpha value is -3.65. The number of fused-ring (bicyclic) bond motifs is 1. The van der Waals surface area contributed by atoms with Gasteiger partial charge in [-0.1, -0.05) is 16.8 Å². The van der Waals surface area contributed by atoms with Crippen LogP contribution in [0.4, 0.5) is 5.69 Å². The molecule has 11 heteroatoms. The summed E-state index contributed by atoms with van der Waals surface area (Å²) in [5.41, 5.74) is 0.832. The molecular formula is C24H23ClN4O6. The van der Waals surface area contributed by atoms with E-state index in [0.717, 1.165) is 0 Å². The summed E-state index contributed by atoms with van der Waals surface area (Å²) >= 11 is 6.11. The first-order valence-corrected chi connectivity index (χ1v) is 11.1. The molecule has 10 nitrogen and oxygen atoms in total. The van der Waals surface area contributed by atoms with Crippen LogP contribution in [0, 0.1) is 11.3 Å². The van der Waals surface area contributed by atoms with Gasteiger partial charge in [0.15, 0.2) is 5.82 Å². The van der Waals surface area contributed by atoms with Crippen LogP contribution >= 0.6 is 11.6 Å². The minimum Gasteiger partial charge on any atom is -0.485 e. The Morgan fingerprint density at radius 1 is 1.29 bits per heavy atom. The lowest BCUT2D eigenvalue weighted by Gasteiger charge is -2.46. The first-order chi connectivity index (χ1) is 16.7. The Labute approximate surface area is 206 Å². The van der Waals surface area contributed by atoms with Gasteiger partial charge in [0, 0.05) is 16.3 Å². The third kappa shape index (κ3) is 5.38. The average Bonchev–Trinajstić information content (AvgIpc) is 3.26. The highest BCUT2D eigenvalue weighted by molar-refractivity contribution is 6.30. The van der Waals surface area contributed by atoms with Gasteiger partial charge in [-0.2, -0.15) is 10.2 Å². The molecule has 4 rings (SSSR count). The van der Waals surface area contributed by atoms with Crippen molar-refractivity contribution in [3.8, 4) is 11.8 Å². The van der Waals surface area contributed by atoms with Crippen LogP contribution in [0.5, 0.6) is 5.75 Å². The molecule has 0 aliphatic carbocycles. The third-order valence-corrected chi connectivity index (χ3v) is 5.86. The second-order valence-electron chi connectivity index (χ2n) is 8.55. The molecule has 1 aromatic heterocycles. The summed E-state index contributed by atoms with van der Waals surface area (Å²) in [4.78, 5) is 16.8. The van der Waals surface area contributed by atoms with E-state index in [4.69, 9.17) is 30.7 Å². The van der Waals surface area contributed by atoms with E-state index in [1.807, 2.05) is 4.90 Å². The fourth-order valence-electron chi connectivity index (χ4n) is 3.95. The number of nitriles is 1. The topological polar surface area (TPSA) is 142 Å². The van der Waals surface area contributed by atoms with Crippen molar-refractivity contribution in [1.82, 2.24) is 10.1 Å². The number of aliphatic hydroxyl groups excluding tert-OH is 1. The Bertz CT molecular complexity index is 1250. The van der Waals surface area contributed by atoms with E-state index in [-0.39, 0.29) is 24.9 Å². The summed E-state index contributed by atoms with van der Waals surface area (Å²) in [6.07, 6.45) is -0.999. The maximum absolute atomic E-state index is 11.4. The van der Waals surface area contributed by atoms with Crippen LogP contribution in [0.3, 0.4) is 0 Å². The fourth-order valence-corrected chi connectivity index (χ4v) is 4.07. The number of benzene rings is 2. The van der Waals surface area contributed by atoms with Gasteiger partial charge in [-0.05, 0) is 56.3 Å². The quantitative estimate of drug-likeness (QED) is 0.473. The number of aliphatic hydroxyl groups is 1. The zero-order valence-corrected chi connectivity index (χ0v) is 19.8. The summed E-state index contributed by atoms with van der Waals surface area (Å²) in [5.74, 6) is -0.133. The number of carbonyl (C=O) groups is 1. The molecule has 0 bridgehead atoms.